The topological polar surface area (TPSA) is 214 Å². The van der Waals surface area contributed by atoms with Crippen molar-refractivity contribution in [2.75, 3.05) is 6.61 Å². The summed E-state index contributed by atoms with van der Waals surface area (Å²) in [7, 11) is 0. The average Bonchev–Trinajstić information content (AvgIpc) is 3.46. The molecule has 0 bridgehead atoms. The molecule has 0 radical (unpaired) electrons. The number of hydrogen-bond donors (Lipinski definition) is 7. The molecule has 2 spiro atoms. The number of hydrogen-bond acceptors (Lipinski definition) is 14. The van der Waals surface area contributed by atoms with Crippen molar-refractivity contribution in [2.24, 2.45) is 44.8 Å². The first-order chi connectivity index (χ1) is 26.4. The van der Waals surface area contributed by atoms with Gasteiger partial charge < -0.3 is 64.2 Å². The lowest BCUT2D eigenvalue weighted by Crippen LogP contribution is -2.64. The number of fused-ring (bicyclic) bond motifs is 2. The summed E-state index contributed by atoms with van der Waals surface area (Å²) in [5.41, 5.74) is -2.65. The van der Waals surface area contributed by atoms with Crippen LogP contribution in [0.15, 0.2) is 0 Å². The minimum absolute atomic E-state index is 0.0170. The Bertz CT molecular complexity index is 1550. The number of aliphatic hydroxyl groups excluding tert-OH is 6. The molecule has 0 amide bonds. The van der Waals surface area contributed by atoms with E-state index in [0.717, 1.165) is 38.5 Å². The van der Waals surface area contributed by atoms with Crippen molar-refractivity contribution < 1.29 is 69.0 Å². The van der Waals surface area contributed by atoms with Gasteiger partial charge in [0.2, 0.25) is 0 Å². The van der Waals surface area contributed by atoms with Crippen LogP contribution in [0.5, 0.6) is 0 Å². The van der Waals surface area contributed by atoms with Crippen molar-refractivity contribution in [1.29, 1.82) is 0 Å². The van der Waals surface area contributed by atoms with Crippen LogP contribution < -0.4 is 0 Å². The van der Waals surface area contributed by atoms with Gasteiger partial charge in [-0.05, 0) is 124 Å². The van der Waals surface area contributed by atoms with Crippen LogP contribution in [0, 0.1) is 44.8 Å². The van der Waals surface area contributed by atoms with Gasteiger partial charge in [0.05, 0.1) is 48.3 Å². The Labute approximate surface area is 336 Å². The smallest absolute Gasteiger partial charge is 0.303 e. The number of ether oxygens (including phenoxy) is 6. The van der Waals surface area contributed by atoms with Crippen LogP contribution in [-0.2, 0) is 33.2 Å². The summed E-state index contributed by atoms with van der Waals surface area (Å²) < 4.78 is 37.1. The maximum atomic E-state index is 12.5. The molecule has 0 aromatic rings. The van der Waals surface area contributed by atoms with E-state index in [1.807, 2.05) is 0 Å². The minimum atomic E-state index is -1.65. The average molecular weight is 811 g/mol. The molecule has 8 fully saturated rings. The predicted octanol–water partition coefficient (Wildman–Crippen LogP) is 2.32. The molecule has 326 valence electrons. The Morgan fingerprint density at radius 2 is 1.46 bits per heavy atom. The molecule has 3 saturated heterocycles. The van der Waals surface area contributed by atoms with E-state index in [-0.39, 0.29) is 52.1 Å². The summed E-state index contributed by atoms with van der Waals surface area (Å²) >= 11 is 0. The molecular formula is C43H70O14. The monoisotopic (exact) mass is 810 g/mol. The lowest BCUT2D eigenvalue weighted by atomic mass is 9.41. The fourth-order valence-corrected chi connectivity index (χ4v) is 15.2. The summed E-state index contributed by atoms with van der Waals surface area (Å²) in [4.78, 5) is 12.3. The maximum absolute atomic E-state index is 12.5. The van der Waals surface area contributed by atoms with Crippen LogP contribution in [0.3, 0.4) is 0 Å². The second-order valence-corrected chi connectivity index (χ2v) is 21.6. The summed E-state index contributed by atoms with van der Waals surface area (Å²) in [5.74, 6) is -0.650. The number of esters is 1. The minimum Gasteiger partial charge on any atom is -0.457 e. The summed E-state index contributed by atoms with van der Waals surface area (Å²) in [6.07, 6.45) is -6.54. The first-order valence-electron chi connectivity index (χ1n) is 21.6. The predicted molar refractivity (Wildman–Crippen MR) is 202 cm³/mol. The van der Waals surface area contributed by atoms with Crippen LogP contribution in [0.4, 0.5) is 0 Å². The van der Waals surface area contributed by atoms with Crippen molar-refractivity contribution in [2.45, 2.75) is 211 Å². The van der Waals surface area contributed by atoms with E-state index in [1.165, 1.54) is 13.8 Å². The van der Waals surface area contributed by atoms with Crippen molar-refractivity contribution in [3.05, 3.63) is 0 Å². The zero-order chi connectivity index (χ0) is 41.6. The molecule has 14 heteroatoms. The maximum Gasteiger partial charge on any atom is 0.303 e. The van der Waals surface area contributed by atoms with Gasteiger partial charge in [-0.25, -0.2) is 0 Å². The second-order valence-electron chi connectivity index (χ2n) is 21.6. The highest BCUT2D eigenvalue weighted by Gasteiger charge is 2.85. The number of carbonyl (C=O) groups excluding carboxylic acids is 1. The molecule has 0 aromatic heterocycles. The van der Waals surface area contributed by atoms with Gasteiger partial charge in [0, 0.05) is 12.8 Å². The SMILES string of the molecule is CC(=O)O[C@@H]1[C@@H](O[C@@H]2O[C@@H](C)[C@H](O)[C@@H](O)[C@H]2O)[C@H](O[C@@H]2CC[C@]34C[C@]35CC[C@]3(C)[C@@H]([C@@]6(C)CC[C@@H](C(C)(C)O)O6)[C@H](O)C[C@@]3(C)[C@H]5C[C@@H](O)[C@@H]4C2(C)C)OC[C@H]1O. The van der Waals surface area contributed by atoms with Gasteiger partial charge >= 0.3 is 5.97 Å². The molecule has 0 unspecified atom stereocenters. The van der Waals surface area contributed by atoms with E-state index in [9.17, 15) is 40.5 Å². The van der Waals surface area contributed by atoms with Gasteiger partial charge in [-0.2, -0.15) is 0 Å². The molecule has 0 aromatic carbocycles. The van der Waals surface area contributed by atoms with Crippen molar-refractivity contribution in [3.63, 3.8) is 0 Å². The van der Waals surface area contributed by atoms with Crippen molar-refractivity contribution in [3.8, 4) is 0 Å². The van der Waals surface area contributed by atoms with E-state index in [0.29, 0.717) is 19.3 Å². The molecule has 8 rings (SSSR count). The van der Waals surface area contributed by atoms with Crippen LogP contribution >= 0.6 is 0 Å². The zero-order valence-corrected chi connectivity index (χ0v) is 35.3. The molecule has 57 heavy (non-hydrogen) atoms. The number of aliphatic hydroxyl groups is 7. The van der Waals surface area contributed by atoms with Crippen LogP contribution in [0.1, 0.15) is 120 Å². The first kappa shape index (κ1) is 42.7. The Morgan fingerprint density at radius 3 is 2.11 bits per heavy atom. The van der Waals surface area contributed by atoms with E-state index in [2.05, 4.69) is 34.6 Å². The molecule has 8 aliphatic rings. The molecule has 5 saturated carbocycles. The van der Waals surface area contributed by atoms with Gasteiger partial charge in [-0.15, -0.1) is 0 Å². The van der Waals surface area contributed by atoms with Crippen LogP contribution in [0.2, 0.25) is 0 Å². The molecule has 14 nitrogen and oxygen atoms in total. The van der Waals surface area contributed by atoms with Gasteiger partial charge in [0.15, 0.2) is 24.8 Å². The summed E-state index contributed by atoms with van der Waals surface area (Å²) in [6, 6.07) is 0. The lowest BCUT2D eigenvalue weighted by molar-refractivity contribution is -0.364. The lowest BCUT2D eigenvalue weighted by Gasteiger charge is -2.64. The zero-order valence-electron chi connectivity index (χ0n) is 35.3. The number of rotatable bonds is 7. The van der Waals surface area contributed by atoms with Crippen LogP contribution in [-0.4, -0.2) is 139 Å². The molecule has 5 aliphatic carbocycles. The largest absolute Gasteiger partial charge is 0.457 e. The fraction of sp³-hybridized carbons (Fsp3) is 0.977. The van der Waals surface area contributed by atoms with Crippen molar-refractivity contribution in [1.82, 2.24) is 0 Å². The Morgan fingerprint density at radius 1 is 0.754 bits per heavy atom. The van der Waals surface area contributed by atoms with Gasteiger partial charge in [0.1, 0.15) is 24.4 Å². The normalized spacial score (nSPS) is 56.9. The second kappa shape index (κ2) is 13.7. The molecular weight excluding hydrogens is 740 g/mol. The highest BCUT2D eigenvalue weighted by Crippen LogP contribution is 2.89. The molecule has 3 heterocycles. The van der Waals surface area contributed by atoms with Gasteiger partial charge in [-0.3, -0.25) is 4.79 Å². The van der Waals surface area contributed by atoms with E-state index in [1.54, 1.807) is 13.8 Å². The fourth-order valence-electron chi connectivity index (χ4n) is 15.2. The van der Waals surface area contributed by atoms with Crippen molar-refractivity contribution >= 4 is 5.97 Å². The molecule has 7 N–H and O–H groups in total. The van der Waals surface area contributed by atoms with E-state index < -0.39 is 96.2 Å². The Hall–Kier alpha value is -1.01. The van der Waals surface area contributed by atoms with E-state index in [4.69, 9.17) is 28.4 Å². The standard InChI is InChI=1S/C43H70O14/c1-20-28(48)29(49)30(50)35(53-20)56-32-31(54-21(2)44)24(47)18-52-36(32)55-26-11-13-43-19-42(43)15-14-39(7)34(41(9)12-10-27(57-41)38(5,6)51)23(46)17-40(39,8)25(42)16-22(45)33(43)37(26,3)4/h20,22-36,45-51H,10-19H2,1-9H3/t20-,22+,23+,24+,25+,26+,27-,28-,29+,30+,31-,32+,33+,34-,35-,36-,39+,40-,41+,42-,43+/m0/s1. The Balaban J connectivity index is 1.04. The number of carbonyl (C=O) groups is 1. The third kappa shape index (κ3) is 6.11. The highest BCUT2D eigenvalue weighted by molar-refractivity contribution is 5.66. The summed E-state index contributed by atoms with van der Waals surface area (Å²) in [6.45, 7) is 17.3. The third-order valence-electron chi connectivity index (χ3n) is 17.8. The molecule has 3 aliphatic heterocycles. The van der Waals surface area contributed by atoms with E-state index >= 15 is 0 Å². The van der Waals surface area contributed by atoms with Crippen LogP contribution in [0.25, 0.3) is 0 Å². The first-order valence-corrected chi connectivity index (χ1v) is 21.6. The van der Waals surface area contributed by atoms with Gasteiger partial charge in [0.25, 0.3) is 0 Å². The summed E-state index contributed by atoms with van der Waals surface area (Å²) in [5, 5.41) is 78.0. The quantitative estimate of drug-likeness (QED) is 0.145. The molecule has 21 atom stereocenters. The third-order valence-corrected chi connectivity index (χ3v) is 17.8. The Kier molecular flexibility index (Phi) is 10.3. The highest BCUT2D eigenvalue weighted by atomic mass is 16.8. The van der Waals surface area contributed by atoms with Gasteiger partial charge in [-0.1, -0.05) is 27.7 Å².